The molecule has 5 rings (SSSR count). The second kappa shape index (κ2) is 7.41. The predicted molar refractivity (Wildman–Crippen MR) is 117 cm³/mol. The van der Waals surface area contributed by atoms with E-state index < -0.39 is 5.91 Å². The van der Waals surface area contributed by atoms with Crippen LogP contribution >= 0.6 is 0 Å². The molecule has 0 saturated heterocycles. The molecule has 160 valence electrons. The normalized spacial score (nSPS) is 24.4. The van der Waals surface area contributed by atoms with Crippen LogP contribution in [0.5, 0.6) is 5.75 Å². The van der Waals surface area contributed by atoms with Gasteiger partial charge in [0.15, 0.2) is 0 Å². The van der Waals surface area contributed by atoms with E-state index in [-0.39, 0.29) is 23.5 Å². The van der Waals surface area contributed by atoms with Crippen LogP contribution in [0.3, 0.4) is 0 Å². The molecule has 1 heterocycles. The van der Waals surface area contributed by atoms with Crippen molar-refractivity contribution in [2.75, 3.05) is 0 Å². The van der Waals surface area contributed by atoms with Gasteiger partial charge in [0.1, 0.15) is 5.75 Å². The number of para-hydroxylation sites is 2. The molecule has 1 aromatic heterocycles. The van der Waals surface area contributed by atoms with Crippen molar-refractivity contribution in [1.29, 1.82) is 0 Å². The van der Waals surface area contributed by atoms with Gasteiger partial charge >= 0.3 is 0 Å². The number of nitrogens with two attached hydrogens (primary N) is 1. The van der Waals surface area contributed by atoms with Crippen molar-refractivity contribution < 1.29 is 14.3 Å². The van der Waals surface area contributed by atoms with Gasteiger partial charge in [-0.05, 0) is 49.3 Å². The van der Waals surface area contributed by atoms with Gasteiger partial charge in [-0.1, -0.05) is 30.3 Å². The molecule has 0 unspecified atom stereocenters. The Kier molecular flexibility index (Phi) is 4.68. The van der Waals surface area contributed by atoms with Crippen LogP contribution in [0.2, 0.25) is 0 Å². The van der Waals surface area contributed by atoms with Crippen LogP contribution in [-0.2, 0) is 18.3 Å². The lowest BCUT2D eigenvalue weighted by atomic mass is 9.53. The van der Waals surface area contributed by atoms with Crippen LogP contribution in [0.4, 0.5) is 0 Å². The highest BCUT2D eigenvalue weighted by Gasteiger charge is 2.54. The molecule has 0 radical (unpaired) electrons. The maximum Gasteiger partial charge on any atom is 0.252 e. The topological polar surface area (TPSA) is 99.2 Å². The summed E-state index contributed by atoms with van der Waals surface area (Å²) in [4.78, 5) is 24.1. The van der Waals surface area contributed by atoms with Crippen molar-refractivity contribution in [1.82, 2.24) is 15.1 Å². The number of benzene rings is 2. The third kappa shape index (κ3) is 3.65. The van der Waals surface area contributed by atoms with E-state index in [9.17, 15) is 9.59 Å². The van der Waals surface area contributed by atoms with Gasteiger partial charge in [-0.3, -0.25) is 14.3 Å². The highest BCUT2D eigenvalue weighted by atomic mass is 16.5. The SMILES string of the molecule is Cn1nc(CC(=O)NC2CC3(C2)CC(Oc2ccccc2C(N)=O)C3)c2ccccc21. The first kappa shape index (κ1) is 19.6. The number of aromatic nitrogens is 2. The minimum absolute atomic E-state index is 0.0196. The summed E-state index contributed by atoms with van der Waals surface area (Å²) in [6.45, 7) is 0. The van der Waals surface area contributed by atoms with Crippen LogP contribution < -0.4 is 15.8 Å². The first-order chi connectivity index (χ1) is 14.9. The number of hydrogen-bond donors (Lipinski definition) is 2. The van der Waals surface area contributed by atoms with Gasteiger partial charge in [0.25, 0.3) is 5.91 Å². The molecule has 0 aliphatic heterocycles. The maximum atomic E-state index is 12.6. The third-order valence-corrected chi connectivity index (χ3v) is 6.65. The van der Waals surface area contributed by atoms with Gasteiger partial charge < -0.3 is 15.8 Å². The molecule has 31 heavy (non-hydrogen) atoms. The van der Waals surface area contributed by atoms with E-state index in [1.165, 1.54) is 0 Å². The number of nitrogens with one attached hydrogen (secondary N) is 1. The fourth-order valence-corrected chi connectivity index (χ4v) is 5.21. The molecule has 2 fully saturated rings. The smallest absolute Gasteiger partial charge is 0.252 e. The monoisotopic (exact) mass is 418 g/mol. The molecule has 1 spiro atoms. The molecular weight excluding hydrogens is 392 g/mol. The highest BCUT2D eigenvalue weighted by molar-refractivity contribution is 5.95. The molecule has 2 amide bonds. The average Bonchev–Trinajstić information content (AvgIpc) is 3.00. The van der Waals surface area contributed by atoms with Crippen LogP contribution in [0, 0.1) is 5.41 Å². The second-order valence-electron chi connectivity index (χ2n) is 8.95. The van der Waals surface area contributed by atoms with Crippen molar-refractivity contribution in [3.63, 3.8) is 0 Å². The summed E-state index contributed by atoms with van der Waals surface area (Å²) >= 11 is 0. The zero-order chi connectivity index (χ0) is 21.6. The third-order valence-electron chi connectivity index (χ3n) is 6.65. The summed E-state index contributed by atoms with van der Waals surface area (Å²) in [6, 6.07) is 15.3. The predicted octanol–water partition coefficient (Wildman–Crippen LogP) is 2.72. The summed E-state index contributed by atoms with van der Waals surface area (Å²) in [5.41, 5.74) is 7.95. The first-order valence-electron chi connectivity index (χ1n) is 10.7. The molecule has 3 N–H and O–H groups in total. The van der Waals surface area contributed by atoms with Crippen molar-refractivity contribution in [2.45, 2.75) is 44.2 Å². The van der Waals surface area contributed by atoms with Gasteiger partial charge in [-0.15, -0.1) is 0 Å². The Hall–Kier alpha value is -3.35. The molecule has 2 aromatic carbocycles. The number of fused-ring (bicyclic) bond motifs is 1. The second-order valence-corrected chi connectivity index (χ2v) is 8.95. The number of carbonyl (C=O) groups excluding carboxylic acids is 2. The van der Waals surface area contributed by atoms with Gasteiger partial charge in [0.05, 0.1) is 29.3 Å². The molecule has 2 saturated carbocycles. The zero-order valence-corrected chi connectivity index (χ0v) is 17.5. The summed E-state index contributed by atoms with van der Waals surface area (Å²) in [5.74, 6) is 0.101. The first-order valence-corrected chi connectivity index (χ1v) is 10.7. The molecule has 0 bridgehead atoms. The summed E-state index contributed by atoms with van der Waals surface area (Å²) in [7, 11) is 1.90. The quantitative estimate of drug-likeness (QED) is 0.643. The molecule has 7 nitrogen and oxygen atoms in total. The maximum absolute atomic E-state index is 12.6. The van der Waals surface area contributed by atoms with E-state index in [2.05, 4.69) is 10.4 Å². The Labute approximate surface area is 180 Å². The summed E-state index contributed by atoms with van der Waals surface area (Å²) in [6.07, 6.45) is 4.21. The fraction of sp³-hybridized carbons (Fsp3) is 0.375. The molecular formula is C24H26N4O3. The number of aryl methyl sites for hydroxylation is 1. The number of hydrogen-bond acceptors (Lipinski definition) is 4. The Balaban J connectivity index is 1.11. The number of carbonyl (C=O) groups is 2. The van der Waals surface area contributed by atoms with Crippen LogP contribution in [-0.4, -0.2) is 33.7 Å². The molecule has 0 atom stereocenters. The summed E-state index contributed by atoms with van der Waals surface area (Å²) < 4.78 is 7.83. The molecule has 7 heteroatoms. The van der Waals surface area contributed by atoms with Gasteiger partial charge in [0.2, 0.25) is 5.91 Å². The highest BCUT2D eigenvalue weighted by Crippen LogP contribution is 2.56. The van der Waals surface area contributed by atoms with E-state index in [1.807, 2.05) is 42.1 Å². The number of ether oxygens (including phenoxy) is 1. The van der Waals surface area contributed by atoms with E-state index in [0.29, 0.717) is 17.7 Å². The van der Waals surface area contributed by atoms with Crippen molar-refractivity contribution in [3.8, 4) is 5.75 Å². The number of amides is 2. The van der Waals surface area contributed by atoms with Crippen LogP contribution in [0.1, 0.15) is 41.7 Å². The zero-order valence-electron chi connectivity index (χ0n) is 17.5. The van der Waals surface area contributed by atoms with E-state index >= 15 is 0 Å². The Morgan fingerprint density at radius 1 is 1.13 bits per heavy atom. The summed E-state index contributed by atoms with van der Waals surface area (Å²) in [5, 5.41) is 8.70. The number of nitrogens with zero attached hydrogens (tertiary/aromatic N) is 2. The van der Waals surface area contributed by atoms with Gasteiger partial charge in [-0.25, -0.2) is 0 Å². The molecule has 2 aliphatic rings. The lowest BCUT2D eigenvalue weighted by Crippen LogP contribution is -2.59. The van der Waals surface area contributed by atoms with Crippen molar-refractivity contribution in [3.05, 3.63) is 59.8 Å². The van der Waals surface area contributed by atoms with Crippen molar-refractivity contribution in [2.24, 2.45) is 18.2 Å². The van der Waals surface area contributed by atoms with E-state index in [1.54, 1.807) is 18.2 Å². The number of rotatable bonds is 6. The molecule has 2 aliphatic carbocycles. The Bertz CT molecular complexity index is 1150. The average molecular weight is 418 g/mol. The number of primary amides is 1. The minimum Gasteiger partial charge on any atom is -0.490 e. The fourth-order valence-electron chi connectivity index (χ4n) is 5.21. The lowest BCUT2D eigenvalue weighted by molar-refractivity contribution is -0.126. The van der Waals surface area contributed by atoms with Gasteiger partial charge in [-0.2, -0.15) is 5.10 Å². The lowest BCUT2D eigenvalue weighted by Gasteiger charge is -2.57. The molecule has 3 aromatic rings. The largest absolute Gasteiger partial charge is 0.490 e. The standard InChI is InChI=1S/C24H26N4O3/c1-28-20-8-4-2-6-17(20)19(27-28)10-22(29)26-15-11-24(12-15)13-16(14-24)31-21-9-5-3-7-18(21)23(25)30/h2-9,15-16H,10-14H2,1H3,(H2,25,30)(H,26,29). The Morgan fingerprint density at radius 3 is 2.61 bits per heavy atom. The Morgan fingerprint density at radius 2 is 1.84 bits per heavy atom. The van der Waals surface area contributed by atoms with E-state index in [4.69, 9.17) is 10.5 Å². The van der Waals surface area contributed by atoms with Crippen LogP contribution in [0.25, 0.3) is 10.9 Å². The minimum atomic E-state index is -0.475. The van der Waals surface area contributed by atoms with Crippen LogP contribution in [0.15, 0.2) is 48.5 Å². The van der Waals surface area contributed by atoms with E-state index in [0.717, 1.165) is 42.3 Å². The van der Waals surface area contributed by atoms with Crippen molar-refractivity contribution >= 4 is 22.7 Å². The van der Waals surface area contributed by atoms with Gasteiger partial charge in [0, 0.05) is 18.5 Å².